The van der Waals surface area contributed by atoms with Gasteiger partial charge in [0.05, 0.1) is 0 Å². The molecule has 0 amide bonds. The predicted octanol–water partition coefficient (Wildman–Crippen LogP) is 3.15. The zero-order valence-corrected chi connectivity index (χ0v) is 11.9. The van der Waals surface area contributed by atoms with Gasteiger partial charge in [-0.25, -0.2) is 0 Å². The predicted molar refractivity (Wildman–Crippen MR) is 70.9 cm³/mol. The number of hydrogen-bond acceptors (Lipinski definition) is 2. The molecule has 0 heterocycles. The molecule has 0 atom stereocenters. The summed E-state index contributed by atoms with van der Waals surface area (Å²) in [7, 11) is 2.09. The van der Waals surface area contributed by atoms with Crippen LogP contribution in [0.3, 0.4) is 0 Å². The van der Waals surface area contributed by atoms with E-state index in [1.54, 1.807) is 0 Å². The number of benzene rings is 1. The summed E-state index contributed by atoms with van der Waals surface area (Å²) in [6, 6.07) is 7.91. The summed E-state index contributed by atoms with van der Waals surface area (Å²) in [5, 5.41) is 1.00. The second kappa shape index (κ2) is 7.25. The molecule has 0 aliphatic heterocycles. The van der Waals surface area contributed by atoms with Crippen molar-refractivity contribution < 1.29 is 4.74 Å². The van der Waals surface area contributed by atoms with Gasteiger partial charge in [0.1, 0.15) is 12.4 Å². The van der Waals surface area contributed by atoms with Crippen LogP contribution in [0.1, 0.15) is 0 Å². The monoisotopic (exact) mass is 335 g/mol. The number of alkyl halides is 1. The number of hydrogen-bond donors (Lipinski definition) is 0. The lowest BCUT2D eigenvalue weighted by Crippen LogP contribution is -2.25. The van der Waals surface area contributed by atoms with Crippen molar-refractivity contribution in [2.45, 2.75) is 0 Å². The Labute approximate surface area is 108 Å². The number of halogens is 2. The van der Waals surface area contributed by atoms with Crippen molar-refractivity contribution in [2.75, 3.05) is 32.1 Å². The van der Waals surface area contributed by atoms with E-state index in [-0.39, 0.29) is 0 Å². The largest absolute Gasteiger partial charge is 0.492 e. The highest BCUT2D eigenvalue weighted by atomic mass is 79.9. The van der Waals surface area contributed by atoms with E-state index in [0.29, 0.717) is 0 Å². The molecule has 0 aliphatic carbocycles. The molecule has 84 valence electrons. The van der Waals surface area contributed by atoms with Crippen molar-refractivity contribution in [1.82, 2.24) is 4.90 Å². The van der Waals surface area contributed by atoms with Gasteiger partial charge in [0.2, 0.25) is 0 Å². The van der Waals surface area contributed by atoms with Crippen LogP contribution in [-0.4, -0.2) is 37.0 Å². The Morgan fingerprint density at radius 1 is 1.33 bits per heavy atom. The second-order valence-corrected chi connectivity index (χ2v) is 5.01. The highest BCUT2D eigenvalue weighted by Crippen LogP contribution is 2.17. The van der Waals surface area contributed by atoms with Crippen LogP contribution >= 0.6 is 31.9 Å². The van der Waals surface area contributed by atoms with Crippen molar-refractivity contribution in [3.05, 3.63) is 28.7 Å². The molecule has 2 nitrogen and oxygen atoms in total. The van der Waals surface area contributed by atoms with E-state index in [2.05, 4.69) is 43.8 Å². The maximum atomic E-state index is 5.62. The van der Waals surface area contributed by atoms with Gasteiger partial charge in [0, 0.05) is 22.9 Å². The van der Waals surface area contributed by atoms with Crippen molar-refractivity contribution >= 4 is 31.9 Å². The molecular formula is C11H15Br2NO. The second-order valence-electron chi connectivity index (χ2n) is 3.30. The molecule has 0 N–H and O–H groups in total. The van der Waals surface area contributed by atoms with E-state index in [4.69, 9.17) is 4.74 Å². The molecule has 1 aromatic carbocycles. The van der Waals surface area contributed by atoms with E-state index < -0.39 is 0 Å². The van der Waals surface area contributed by atoms with Crippen LogP contribution in [0, 0.1) is 0 Å². The Morgan fingerprint density at radius 3 is 2.80 bits per heavy atom. The molecule has 0 aromatic heterocycles. The normalized spacial score (nSPS) is 10.7. The molecular weight excluding hydrogens is 322 g/mol. The fraction of sp³-hybridized carbons (Fsp3) is 0.455. The van der Waals surface area contributed by atoms with E-state index in [9.17, 15) is 0 Å². The molecule has 0 saturated heterocycles. The molecule has 15 heavy (non-hydrogen) atoms. The van der Waals surface area contributed by atoms with Crippen LogP contribution in [0.4, 0.5) is 0 Å². The minimum atomic E-state index is 0.722. The number of rotatable bonds is 6. The molecule has 0 spiro atoms. The van der Waals surface area contributed by atoms with Crippen LogP contribution < -0.4 is 4.74 Å². The van der Waals surface area contributed by atoms with Crippen molar-refractivity contribution in [3.63, 3.8) is 0 Å². The zero-order valence-electron chi connectivity index (χ0n) is 8.75. The summed E-state index contributed by atoms with van der Waals surface area (Å²) in [6.07, 6.45) is 0. The fourth-order valence-corrected chi connectivity index (χ4v) is 2.12. The molecule has 1 aromatic rings. The summed E-state index contributed by atoms with van der Waals surface area (Å²) < 4.78 is 6.67. The van der Waals surface area contributed by atoms with E-state index in [1.807, 2.05) is 24.3 Å². The van der Waals surface area contributed by atoms with Gasteiger partial charge in [-0.2, -0.15) is 0 Å². The summed E-state index contributed by atoms with van der Waals surface area (Å²) in [4.78, 5) is 2.23. The highest BCUT2D eigenvalue weighted by molar-refractivity contribution is 9.10. The molecule has 0 radical (unpaired) electrons. The molecule has 0 aliphatic rings. The zero-order chi connectivity index (χ0) is 11.1. The summed E-state index contributed by atoms with van der Waals surface area (Å²) in [5.74, 6) is 0.914. The maximum absolute atomic E-state index is 5.62. The van der Waals surface area contributed by atoms with Gasteiger partial charge in [0.25, 0.3) is 0 Å². The molecule has 4 heteroatoms. The van der Waals surface area contributed by atoms with Crippen LogP contribution in [0.25, 0.3) is 0 Å². The van der Waals surface area contributed by atoms with E-state index >= 15 is 0 Å². The Morgan fingerprint density at radius 2 is 2.13 bits per heavy atom. The number of likely N-dealkylation sites (N-methyl/N-ethyl adjacent to an activating group) is 1. The Kier molecular flexibility index (Phi) is 6.29. The van der Waals surface area contributed by atoms with Crippen molar-refractivity contribution in [2.24, 2.45) is 0 Å². The standard InChI is InChI=1S/C11H15Br2NO/c1-14(6-5-12)7-8-15-11-4-2-3-10(13)9-11/h2-4,9H,5-8H2,1H3. The summed E-state index contributed by atoms with van der Waals surface area (Å²) in [5.41, 5.74) is 0. The minimum absolute atomic E-state index is 0.722. The van der Waals surface area contributed by atoms with Gasteiger partial charge in [-0.05, 0) is 25.2 Å². The summed E-state index contributed by atoms with van der Waals surface area (Å²) >= 11 is 6.82. The van der Waals surface area contributed by atoms with Gasteiger partial charge in [-0.1, -0.05) is 37.9 Å². The first kappa shape index (κ1) is 13.0. The third kappa shape index (κ3) is 5.54. The van der Waals surface area contributed by atoms with Crippen LogP contribution in [0.2, 0.25) is 0 Å². The van der Waals surface area contributed by atoms with Crippen molar-refractivity contribution in [1.29, 1.82) is 0 Å². The van der Waals surface area contributed by atoms with Gasteiger partial charge in [-0.15, -0.1) is 0 Å². The van der Waals surface area contributed by atoms with E-state index in [0.717, 1.165) is 35.2 Å². The van der Waals surface area contributed by atoms with Crippen molar-refractivity contribution in [3.8, 4) is 5.75 Å². The lowest BCUT2D eigenvalue weighted by molar-refractivity contribution is 0.245. The molecule has 0 fully saturated rings. The lowest BCUT2D eigenvalue weighted by Gasteiger charge is -2.15. The first-order valence-electron chi connectivity index (χ1n) is 4.85. The number of nitrogens with zero attached hydrogens (tertiary/aromatic N) is 1. The Hall–Kier alpha value is -0.0600. The smallest absolute Gasteiger partial charge is 0.120 e. The van der Waals surface area contributed by atoms with Gasteiger partial charge in [-0.3, -0.25) is 0 Å². The van der Waals surface area contributed by atoms with Crippen LogP contribution in [0.5, 0.6) is 5.75 Å². The number of ether oxygens (including phenoxy) is 1. The quantitative estimate of drug-likeness (QED) is 0.740. The Balaban J connectivity index is 2.25. The molecule has 0 saturated carbocycles. The lowest BCUT2D eigenvalue weighted by atomic mass is 10.3. The average Bonchev–Trinajstić information content (AvgIpc) is 2.18. The maximum Gasteiger partial charge on any atom is 0.120 e. The first-order chi connectivity index (χ1) is 7.22. The van der Waals surface area contributed by atoms with Gasteiger partial charge < -0.3 is 9.64 Å². The topological polar surface area (TPSA) is 12.5 Å². The molecule has 0 unspecified atom stereocenters. The Bertz CT molecular complexity index is 294. The summed E-state index contributed by atoms with van der Waals surface area (Å²) in [6.45, 7) is 2.71. The highest BCUT2D eigenvalue weighted by Gasteiger charge is 1.98. The average molecular weight is 337 g/mol. The third-order valence-corrected chi connectivity index (χ3v) is 2.85. The van der Waals surface area contributed by atoms with Gasteiger partial charge in [0.15, 0.2) is 0 Å². The van der Waals surface area contributed by atoms with E-state index in [1.165, 1.54) is 0 Å². The molecule has 1 rings (SSSR count). The minimum Gasteiger partial charge on any atom is -0.492 e. The fourth-order valence-electron chi connectivity index (χ4n) is 1.13. The van der Waals surface area contributed by atoms with Crippen LogP contribution in [-0.2, 0) is 0 Å². The third-order valence-electron chi connectivity index (χ3n) is 2.00. The SMILES string of the molecule is CN(CCBr)CCOc1cccc(Br)c1. The van der Waals surface area contributed by atoms with Crippen LogP contribution in [0.15, 0.2) is 28.7 Å². The molecule has 0 bridgehead atoms. The first-order valence-corrected chi connectivity index (χ1v) is 6.76. The van der Waals surface area contributed by atoms with Gasteiger partial charge >= 0.3 is 0 Å².